The predicted molar refractivity (Wildman–Crippen MR) is 109 cm³/mol. The van der Waals surface area contributed by atoms with Crippen molar-refractivity contribution in [3.05, 3.63) is 65.9 Å². The molecule has 8 heteroatoms. The summed E-state index contributed by atoms with van der Waals surface area (Å²) in [4.78, 5) is 12.8. The summed E-state index contributed by atoms with van der Waals surface area (Å²) < 4.78 is 32.4. The third kappa shape index (κ3) is 4.42. The topological polar surface area (TPSA) is 93.0 Å². The van der Waals surface area contributed by atoms with Crippen molar-refractivity contribution in [1.82, 2.24) is 15.5 Å². The zero-order chi connectivity index (χ0) is 21.1. The normalized spacial score (nSPS) is 18.7. The Bertz CT molecular complexity index is 1010. The summed E-state index contributed by atoms with van der Waals surface area (Å²) in [6.45, 7) is 0. The SMILES string of the molecule is Nc1n[nH]c(C(=O)NC2CCC(Oc3cc(F)cc(F)c3)CC2)c1-c1ccccc1. The van der Waals surface area contributed by atoms with E-state index >= 15 is 0 Å². The standard InChI is InChI=1S/C22H22F2N4O2/c23-14-10-15(24)12-18(11-14)30-17-8-6-16(7-9-17)26-22(29)20-19(21(25)28-27-20)13-4-2-1-3-5-13/h1-5,10-12,16-17H,6-9H2,(H,26,29)(H3,25,27,28). The second kappa shape index (κ2) is 8.52. The highest BCUT2D eigenvalue weighted by atomic mass is 19.1. The van der Waals surface area contributed by atoms with E-state index in [0.717, 1.165) is 11.6 Å². The first-order chi connectivity index (χ1) is 14.5. The molecule has 3 aromatic rings. The van der Waals surface area contributed by atoms with Crippen LogP contribution in [0.3, 0.4) is 0 Å². The van der Waals surface area contributed by atoms with E-state index in [9.17, 15) is 13.6 Å². The fourth-order valence-electron chi connectivity index (χ4n) is 3.79. The van der Waals surface area contributed by atoms with Gasteiger partial charge in [-0.1, -0.05) is 30.3 Å². The van der Waals surface area contributed by atoms with Gasteiger partial charge in [0.15, 0.2) is 5.82 Å². The minimum absolute atomic E-state index is 0.0326. The lowest BCUT2D eigenvalue weighted by atomic mass is 9.92. The highest BCUT2D eigenvalue weighted by molar-refractivity contribution is 6.01. The van der Waals surface area contributed by atoms with Crippen LogP contribution >= 0.6 is 0 Å². The van der Waals surface area contributed by atoms with Crippen LogP contribution in [0.5, 0.6) is 5.75 Å². The second-order valence-electron chi connectivity index (χ2n) is 7.39. The number of ether oxygens (including phenoxy) is 1. The van der Waals surface area contributed by atoms with Crippen molar-refractivity contribution in [2.45, 2.75) is 37.8 Å². The highest BCUT2D eigenvalue weighted by Gasteiger charge is 2.26. The number of anilines is 1. The van der Waals surface area contributed by atoms with E-state index in [4.69, 9.17) is 10.5 Å². The van der Waals surface area contributed by atoms with Crippen molar-refractivity contribution in [1.29, 1.82) is 0 Å². The minimum Gasteiger partial charge on any atom is -0.490 e. The number of hydrogen-bond donors (Lipinski definition) is 3. The van der Waals surface area contributed by atoms with Crippen molar-refractivity contribution in [3.8, 4) is 16.9 Å². The van der Waals surface area contributed by atoms with Gasteiger partial charge >= 0.3 is 0 Å². The number of aromatic nitrogens is 2. The second-order valence-corrected chi connectivity index (χ2v) is 7.39. The third-order valence-electron chi connectivity index (χ3n) is 5.23. The lowest BCUT2D eigenvalue weighted by molar-refractivity contribution is 0.0889. The molecular formula is C22H22F2N4O2. The zero-order valence-corrected chi connectivity index (χ0v) is 16.2. The summed E-state index contributed by atoms with van der Waals surface area (Å²) in [5, 5.41) is 9.74. The van der Waals surface area contributed by atoms with Gasteiger partial charge in [-0.15, -0.1) is 0 Å². The molecule has 1 heterocycles. The van der Waals surface area contributed by atoms with Crippen LogP contribution in [-0.4, -0.2) is 28.3 Å². The number of amides is 1. The molecule has 1 aliphatic carbocycles. The molecule has 1 aliphatic rings. The molecule has 4 rings (SSSR count). The molecule has 0 bridgehead atoms. The number of H-pyrrole nitrogens is 1. The van der Waals surface area contributed by atoms with E-state index < -0.39 is 11.6 Å². The van der Waals surface area contributed by atoms with Gasteiger partial charge in [-0.05, 0) is 31.2 Å². The van der Waals surface area contributed by atoms with Crippen molar-refractivity contribution < 1.29 is 18.3 Å². The predicted octanol–water partition coefficient (Wildman–Crippen LogP) is 4.06. The van der Waals surface area contributed by atoms with E-state index in [1.807, 2.05) is 30.3 Å². The molecule has 4 N–H and O–H groups in total. The molecule has 0 unspecified atom stereocenters. The molecule has 1 aromatic heterocycles. The summed E-state index contributed by atoms with van der Waals surface area (Å²) in [6, 6.07) is 12.5. The molecule has 0 aliphatic heterocycles. The number of nitrogens with zero attached hydrogens (tertiary/aromatic N) is 1. The molecule has 1 saturated carbocycles. The lowest BCUT2D eigenvalue weighted by Crippen LogP contribution is -2.40. The molecular weight excluding hydrogens is 390 g/mol. The fraction of sp³-hybridized carbons (Fsp3) is 0.273. The third-order valence-corrected chi connectivity index (χ3v) is 5.23. The van der Waals surface area contributed by atoms with Crippen LogP contribution in [-0.2, 0) is 0 Å². The van der Waals surface area contributed by atoms with Crippen LogP contribution in [0.15, 0.2) is 48.5 Å². The number of halogens is 2. The van der Waals surface area contributed by atoms with Crippen molar-refractivity contribution in [2.24, 2.45) is 0 Å². The molecule has 30 heavy (non-hydrogen) atoms. The Morgan fingerprint density at radius 2 is 1.73 bits per heavy atom. The Labute approximate surface area is 172 Å². The molecule has 2 aromatic carbocycles. The van der Waals surface area contributed by atoms with Crippen LogP contribution in [0.4, 0.5) is 14.6 Å². The molecule has 0 atom stereocenters. The molecule has 6 nitrogen and oxygen atoms in total. The maximum atomic E-state index is 13.3. The Balaban J connectivity index is 1.36. The number of aromatic amines is 1. The number of carbonyl (C=O) groups is 1. The first kappa shape index (κ1) is 19.9. The van der Waals surface area contributed by atoms with E-state index in [0.29, 0.717) is 36.9 Å². The van der Waals surface area contributed by atoms with Crippen molar-refractivity contribution in [2.75, 3.05) is 5.73 Å². The summed E-state index contributed by atoms with van der Waals surface area (Å²) in [7, 11) is 0. The molecule has 1 fully saturated rings. The maximum absolute atomic E-state index is 13.3. The summed E-state index contributed by atoms with van der Waals surface area (Å²) in [5.74, 6) is -1.15. The number of nitrogens with two attached hydrogens (primary N) is 1. The quantitative estimate of drug-likeness (QED) is 0.589. The number of hydrogen-bond acceptors (Lipinski definition) is 4. The number of benzene rings is 2. The molecule has 0 spiro atoms. The van der Waals surface area contributed by atoms with Gasteiger partial charge in [0.05, 0.1) is 11.7 Å². The van der Waals surface area contributed by atoms with Crippen LogP contribution in [0.25, 0.3) is 11.1 Å². The maximum Gasteiger partial charge on any atom is 0.270 e. The highest BCUT2D eigenvalue weighted by Crippen LogP contribution is 2.29. The van der Waals surface area contributed by atoms with E-state index in [1.165, 1.54) is 12.1 Å². The van der Waals surface area contributed by atoms with Crippen LogP contribution < -0.4 is 15.8 Å². The van der Waals surface area contributed by atoms with Gasteiger partial charge in [-0.3, -0.25) is 9.89 Å². The fourth-order valence-corrected chi connectivity index (χ4v) is 3.79. The largest absolute Gasteiger partial charge is 0.490 e. The number of rotatable bonds is 5. The molecule has 0 radical (unpaired) electrons. The van der Waals surface area contributed by atoms with Crippen LogP contribution in [0.1, 0.15) is 36.2 Å². The van der Waals surface area contributed by atoms with E-state index in [1.54, 1.807) is 0 Å². The minimum atomic E-state index is -0.668. The van der Waals surface area contributed by atoms with Gasteiger partial charge in [-0.25, -0.2) is 8.78 Å². The number of nitrogens with one attached hydrogen (secondary N) is 2. The van der Waals surface area contributed by atoms with Gasteiger partial charge in [0, 0.05) is 24.2 Å². The van der Waals surface area contributed by atoms with Gasteiger partial charge in [-0.2, -0.15) is 5.10 Å². The van der Waals surface area contributed by atoms with Gasteiger partial charge in [0.1, 0.15) is 23.1 Å². The molecule has 1 amide bonds. The van der Waals surface area contributed by atoms with Crippen molar-refractivity contribution in [3.63, 3.8) is 0 Å². The van der Waals surface area contributed by atoms with E-state index in [-0.39, 0.29) is 29.6 Å². The number of carbonyl (C=O) groups excluding carboxylic acids is 1. The smallest absolute Gasteiger partial charge is 0.270 e. The Kier molecular flexibility index (Phi) is 5.65. The van der Waals surface area contributed by atoms with Gasteiger partial charge < -0.3 is 15.8 Å². The zero-order valence-electron chi connectivity index (χ0n) is 16.2. The monoisotopic (exact) mass is 412 g/mol. The first-order valence-corrected chi connectivity index (χ1v) is 9.82. The summed E-state index contributed by atoms with van der Waals surface area (Å²) in [6.07, 6.45) is 2.57. The Morgan fingerprint density at radius 1 is 1.07 bits per heavy atom. The van der Waals surface area contributed by atoms with Crippen LogP contribution in [0, 0.1) is 11.6 Å². The Hall–Kier alpha value is -3.42. The number of nitrogen functional groups attached to an aromatic ring is 1. The Morgan fingerprint density at radius 3 is 2.40 bits per heavy atom. The first-order valence-electron chi connectivity index (χ1n) is 9.82. The molecule has 0 saturated heterocycles. The lowest BCUT2D eigenvalue weighted by Gasteiger charge is -2.29. The summed E-state index contributed by atoms with van der Waals surface area (Å²) in [5.41, 5.74) is 7.69. The average molecular weight is 412 g/mol. The van der Waals surface area contributed by atoms with Gasteiger partial charge in [0.2, 0.25) is 0 Å². The van der Waals surface area contributed by atoms with Crippen molar-refractivity contribution >= 4 is 11.7 Å². The van der Waals surface area contributed by atoms with E-state index in [2.05, 4.69) is 15.5 Å². The average Bonchev–Trinajstić information content (AvgIpc) is 3.11. The van der Waals surface area contributed by atoms with Gasteiger partial charge in [0.25, 0.3) is 5.91 Å². The van der Waals surface area contributed by atoms with Crippen LogP contribution in [0.2, 0.25) is 0 Å². The summed E-state index contributed by atoms with van der Waals surface area (Å²) >= 11 is 0. The molecule has 156 valence electrons.